The van der Waals surface area contributed by atoms with Crippen molar-refractivity contribution in [1.82, 2.24) is 24.4 Å². The van der Waals surface area contributed by atoms with Crippen molar-refractivity contribution in [3.8, 4) is 0 Å². The molecular weight excluding hydrogens is 316 g/mol. The molecule has 3 rings (SSSR count). The first-order chi connectivity index (χ1) is 12.0. The third-order valence-electron chi connectivity index (χ3n) is 4.93. The Balaban J connectivity index is 1.51. The first-order valence-electron chi connectivity index (χ1n) is 8.80. The van der Waals surface area contributed by atoms with Crippen molar-refractivity contribution < 1.29 is 0 Å². The number of aryl methyl sites for hydroxylation is 2. The van der Waals surface area contributed by atoms with Gasteiger partial charge in [0.15, 0.2) is 0 Å². The summed E-state index contributed by atoms with van der Waals surface area (Å²) in [5.41, 5.74) is 1.79. The summed E-state index contributed by atoms with van der Waals surface area (Å²) < 4.78 is 1.69. The molecule has 1 aliphatic heterocycles. The van der Waals surface area contributed by atoms with Gasteiger partial charge in [-0.2, -0.15) is 0 Å². The zero-order chi connectivity index (χ0) is 17.8. The number of rotatable bonds is 5. The molecule has 0 atom stereocenters. The summed E-state index contributed by atoms with van der Waals surface area (Å²) in [5.74, 6) is 0.989. The largest absolute Gasteiger partial charge is 0.356 e. The summed E-state index contributed by atoms with van der Waals surface area (Å²) in [6.07, 6.45) is 5.47. The number of aromatic nitrogens is 4. The van der Waals surface area contributed by atoms with Crippen molar-refractivity contribution >= 4 is 5.82 Å². The molecule has 7 nitrogen and oxygen atoms in total. The molecule has 1 saturated heterocycles. The second-order valence-corrected chi connectivity index (χ2v) is 6.76. The van der Waals surface area contributed by atoms with E-state index in [4.69, 9.17) is 0 Å². The van der Waals surface area contributed by atoms with Crippen LogP contribution in [0.15, 0.2) is 29.6 Å². The number of piperidine rings is 1. The molecular formula is C18H26N6O. The van der Waals surface area contributed by atoms with Gasteiger partial charge in [0.1, 0.15) is 12.1 Å². The molecule has 1 aliphatic rings. The average Bonchev–Trinajstić information content (AvgIpc) is 2.61. The molecule has 0 bridgehead atoms. The van der Waals surface area contributed by atoms with Gasteiger partial charge in [0.2, 0.25) is 0 Å². The molecule has 7 heteroatoms. The summed E-state index contributed by atoms with van der Waals surface area (Å²) >= 11 is 0. The Labute approximate surface area is 148 Å². The second-order valence-electron chi connectivity index (χ2n) is 6.76. The maximum absolute atomic E-state index is 11.9. The standard InChI is InChI=1S/C18H26N6O/c1-14-10-17(20-12-19-14)22(3)16-4-6-23(7-5-16)8-9-24-13-21-15(2)11-18(24)25/h10-13,16H,4-9H2,1-3H3. The lowest BCUT2D eigenvalue weighted by Gasteiger charge is -2.37. The topological polar surface area (TPSA) is 67.2 Å². The van der Waals surface area contributed by atoms with Crippen LogP contribution in [0.4, 0.5) is 5.82 Å². The van der Waals surface area contributed by atoms with Gasteiger partial charge in [-0.15, -0.1) is 0 Å². The highest BCUT2D eigenvalue weighted by Gasteiger charge is 2.23. The van der Waals surface area contributed by atoms with Crippen molar-refractivity contribution in [2.24, 2.45) is 0 Å². The van der Waals surface area contributed by atoms with Crippen LogP contribution < -0.4 is 10.5 Å². The Morgan fingerprint density at radius 3 is 2.48 bits per heavy atom. The SMILES string of the molecule is Cc1cc(N(C)C2CCN(CCn3cnc(C)cc3=O)CC2)ncn1. The molecule has 1 fully saturated rings. The minimum Gasteiger partial charge on any atom is -0.356 e. The zero-order valence-corrected chi connectivity index (χ0v) is 15.2. The maximum Gasteiger partial charge on any atom is 0.253 e. The summed E-state index contributed by atoms with van der Waals surface area (Å²) in [4.78, 5) is 29.4. The van der Waals surface area contributed by atoms with Crippen LogP contribution in [0.2, 0.25) is 0 Å². The summed E-state index contributed by atoms with van der Waals surface area (Å²) in [7, 11) is 2.11. The minimum atomic E-state index is 0.0289. The quantitative estimate of drug-likeness (QED) is 0.815. The molecule has 25 heavy (non-hydrogen) atoms. The van der Waals surface area contributed by atoms with E-state index < -0.39 is 0 Å². The third kappa shape index (κ3) is 4.42. The second kappa shape index (κ2) is 7.74. The van der Waals surface area contributed by atoms with E-state index >= 15 is 0 Å². The van der Waals surface area contributed by atoms with Gasteiger partial charge in [0, 0.05) is 62.8 Å². The average molecular weight is 342 g/mol. The predicted octanol–water partition coefficient (Wildman–Crippen LogP) is 1.25. The van der Waals surface area contributed by atoms with Gasteiger partial charge in [-0.3, -0.25) is 9.36 Å². The lowest BCUT2D eigenvalue weighted by atomic mass is 10.0. The number of hydrogen-bond acceptors (Lipinski definition) is 6. The van der Waals surface area contributed by atoms with Crippen molar-refractivity contribution in [3.05, 3.63) is 46.5 Å². The highest BCUT2D eigenvalue weighted by atomic mass is 16.1. The fraction of sp³-hybridized carbons (Fsp3) is 0.556. The number of likely N-dealkylation sites (tertiary alicyclic amines) is 1. The van der Waals surface area contributed by atoms with Gasteiger partial charge in [0.05, 0.1) is 6.33 Å². The van der Waals surface area contributed by atoms with Crippen LogP contribution in [-0.4, -0.2) is 57.1 Å². The Morgan fingerprint density at radius 2 is 1.80 bits per heavy atom. The molecule has 0 spiro atoms. The van der Waals surface area contributed by atoms with E-state index in [1.165, 1.54) is 0 Å². The third-order valence-corrected chi connectivity index (χ3v) is 4.93. The summed E-state index contributed by atoms with van der Waals surface area (Å²) in [6.45, 7) is 7.47. The van der Waals surface area contributed by atoms with Crippen molar-refractivity contribution in [3.63, 3.8) is 0 Å². The van der Waals surface area contributed by atoms with Gasteiger partial charge in [-0.05, 0) is 26.7 Å². The fourth-order valence-electron chi connectivity index (χ4n) is 3.28. The Hall–Kier alpha value is -2.28. The van der Waals surface area contributed by atoms with Crippen LogP contribution >= 0.6 is 0 Å². The van der Waals surface area contributed by atoms with Gasteiger partial charge in [-0.1, -0.05) is 0 Å². The smallest absolute Gasteiger partial charge is 0.253 e. The first kappa shape index (κ1) is 17.5. The van der Waals surface area contributed by atoms with E-state index in [9.17, 15) is 4.79 Å². The van der Waals surface area contributed by atoms with Gasteiger partial charge < -0.3 is 9.80 Å². The van der Waals surface area contributed by atoms with Gasteiger partial charge in [0.25, 0.3) is 5.56 Å². The number of hydrogen-bond donors (Lipinski definition) is 0. The molecule has 3 heterocycles. The Morgan fingerprint density at radius 1 is 1.08 bits per heavy atom. The fourth-order valence-corrected chi connectivity index (χ4v) is 3.28. The monoisotopic (exact) mass is 342 g/mol. The maximum atomic E-state index is 11.9. The number of anilines is 1. The van der Waals surface area contributed by atoms with E-state index in [0.717, 1.165) is 49.7 Å². The summed E-state index contributed by atoms with van der Waals surface area (Å²) in [5, 5.41) is 0. The van der Waals surface area contributed by atoms with E-state index in [1.807, 2.05) is 19.9 Å². The van der Waals surface area contributed by atoms with E-state index in [0.29, 0.717) is 12.6 Å². The molecule has 0 N–H and O–H groups in total. The van der Waals surface area contributed by atoms with Gasteiger partial charge in [-0.25, -0.2) is 15.0 Å². The van der Waals surface area contributed by atoms with Crippen LogP contribution in [0.3, 0.4) is 0 Å². The Kier molecular flexibility index (Phi) is 5.43. The van der Waals surface area contributed by atoms with E-state index in [-0.39, 0.29) is 5.56 Å². The van der Waals surface area contributed by atoms with Crippen LogP contribution in [0.1, 0.15) is 24.2 Å². The van der Waals surface area contributed by atoms with Crippen molar-refractivity contribution in [2.75, 3.05) is 31.6 Å². The van der Waals surface area contributed by atoms with Crippen LogP contribution in [-0.2, 0) is 6.54 Å². The molecule has 0 radical (unpaired) electrons. The Bertz CT molecular complexity index is 766. The molecule has 0 amide bonds. The predicted molar refractivity (Wildman–Crippen MR) is 97.9 cm³/mol. The van der Waals surface area contributed by atoms with Crippen LogP contribution in [0.5, 0.6) is 0 Å². The molecule has 0 aliphatic carbocycles. The van der Waals surface area contributed by atoms with E-state index in [1.54, 1.807) is 23.3 Å². The van der Waals surface area contributed by atoms with Crippen LogP contribution in [0, 0.1) is 13.8 Å². The van der Waals surface area contributed by atoms with Crippen molar-refractivity contribution in [2.45, 2.75) is 39.3 Å². The molecule has 2 aromatic rings. The molecule has 134 valence electrons. The van der Waals surface area contributed by atoms with Gasteiger partial charge >= 0.3 is 0 Å². The molecule has 0 saturated carbocycles. The van der Waals surface area contributed by atoms with Crippen molar-refractivity contribution in [1.29, 1.82) is 0 Å². The zero-order valence-electron chi connectivity index (χ0n) is 15.2. The summed E-state index contributed by atoms with van der Waals surface area (Å²) in [6, 6.07) is 4.11. The normalized spacial score (nSPS) is 16.1. The molecule has 0 unspecified atom stereocenters. The minimum absolute atomic E-state index is 0.0289. The number of nitrogens with zero attached hydrogens (tertiary/aromatic N) is 6. The first-order valence-corrected chi connectivity index (χ1v) is 8.80. The highest BCUT2D eigenvalue weighted by Crippen LogP contribution is 2.20. The van der Waals surface area contributed by atoms with E-state index in [2.05, 4.69) is 31.8 Å². The molecule has 0 aromatic carbocycles. The molecule has 2 aromatic heterocycles. The lowest BCUT2D eigenvalue weighted by Crippen LogP contribution is -2.45. The lowest BCUT2D eigenvalue weighted by molar-refractivity contribution is 0.203. The highest BCUT2D eigenvalue weighted by molar-refractivity contribution is 5.39. The van der Waals surface area contributed by atoms with Crippen LogP contribution in [0.25, 0.3) is 0 Å².